The van der Waals surface area contributed by atoms with Crippen molar-refractivity contribution in [3.05, 3.63) is 71.0 Å². The molecule has 28 heavy (non-hydrogen) atoms. The van der Waals surface area contributed by atoms with Gasteiger partial charge in [0.1, 0.15) is 0 Å². The van der Waals surface area contributed by atoms with Crippen LogP contribution in [0.15, 0.2) is 53.6 Å². The van der Waals surface area contributed by atoms with E-state index in [4.69, 9.17) is 0 Å². The molecule has 0 bridgehead atoms. The minimum Gasteiger partial charge on any atom is -0.345 e. The van der Waals surface area contributed by atoms with Crippen molar-refractivity contribution in [1.82, 2.24) is 9.99 Å². The minimum atomic E-state index is -0.192. The van der Waals surface area contributed by atoms with Gasteiger partial charge in [0.05, 0.1) is 6.21 Å². The molecule has 0 aliphatic heterocycles. The Hall–Kier alpha value is -2.88. The summed E-state index contributed by atoms with van der Waals surface area (Å²) in [6, 6.07) is 16.5. The van der Waals surface area contributed by atoms with E-state index in [0.29, 0.717) is 11.6 Å². The molecule has 0 spiro atoms. The molecule has 4 nitrogen and oxygen atoms in total. The van der Waals surface area contributed by atoms with Crippen molar-refractivity contribution in [3.63, 3.8) is 0 Å². The molecule has 1 aliphatic rings. The van der Waals surface area contributed by atoms with Gasteiger partial charge < -0.3 is 4.57 Å². The molecule has 4 heteroatoms. The number of carbonyl (C=O) groups is 1. The van der Waals surface area contributed by atoms with Crippen molar-refractivity contribution in [1.29, 1.82) is 0 Å². The summed E-state index contributed by atoms with van der Waals surface area (Å²) < 4.78 is 2.45. The second-order valence-electron chi connectivity index (χ2n) is 7.75. The van der Waals surface area contributed by atoms with Gasteiger partial charge in [0.25, 0.3) is 5.91 Å². The molecule has 4 rings (SSSR count). The summed E-state index contributed by atoms with van der Waals surface area (Å²) in [5.74, 6) is -0.192. The van der Waals surface area contributed by atoms with Crippen LogP contribution in [0.4, 0.5) is 0 Å². The van der Waals surface area contributed by atoms with Crippen molar-refractivity contribution in [2.45, 2.75) is 52.0 Å². The summed E-state index contributed by atoms with van der Waals surface area (Å²) in [6.45, 7) is 4.31. The quantitative estimate of drug-likeness (QED) is 0.474. The van der Waals surface area contributed by atoms with Gasteiger partial charge in [-0.15, -0.1) is 0 Å². The number of aromatic nitrogens is 1. The predicted octanol–water partition coefficient (Wildman–Crippen LogP) is 5.53. The zero-order valence-electron chi connectivity index (χ0n) is 16.6. The van der Waals surface area contributed by atoms with E-state index in [1.54, 1.807) is 6.21 Å². The number of hydrogen-bond donors (Lipinski definition) is 1. The van der Waals surface area contributed by atoms with E-state index >= 15 is 0 Å². The molecule has 1 aromatic heterocycles. The zero-order chi connectivity index (χ0) is 19.5. The average Bonchev–Trinajstić information content (AvgIpc) is 3.01. The highest BCUT2D eigenvalue weighted by Gasteiger charge is 2.19. The Kier molecular flexibility index (Phi) is 5.29. The van der Waals surface area contributed by atoms with Crippen molar-refractivity contribution in [2.75, 3.05) is 0 Å². The monoisotopic (exact) mass is 373 g/mol. The Labute approximate surface area is 166 Å². The first-order valence-corrected chi connectivity index (χ1v) is 10.1. The molecule has 0 unspecified atom stereocenters. The van der Waals surface area contributed by atoms with Gasteiger partial charge in [-0.3, -0.25) is 4.79 Å². The van der Waals surface area contributed by atoms with Gasteiger partial charge >= 0.3 is 0 Å². The van der Waals surface area contributed by atoms with Gasteiger partial charge in [-0.25, -0.2) is 5.43 Å². The Balaban J connectivity index is 1.47. The average molecular weight is 374 g/mol. The van der Waals surface area contributed by atoms with E-state index in [2.05, 4.69) is 35.0 Å². The van der Waals surface area contributed by atoms with Crippen LogP contribution in [0.3, 0.4) is 0 Å². The maximum atomic E-state index is 12.5. The van der Waals surface area contributed by atoms with Crippen LogP contribution in [-0.2, 0) is 0 Å². The van der Waals surface area contributed by atoms with Crippen molar-refractivity contribution in [2.24, 2.45) is 5.10 Å². The normalized spacial score (nSPS) is 15.4. The molecule has 1 N–H and O–H groups in total. The van der Waals surface area contributed by atoms with Crippen LogP contribution >= 0.6 is 0 Å². The number of hydrazone groups is 1. The molecule has 0 atom stereocenters. The molecule has 1 saturated carbocycles. The summed E-state index contributed by atoms with van der Waals surface area (Å²) in [5.41, 5.74) is 6.85. The van der Waals surface area contributed by atoms with Crippen LogP contribution in [0, 0.1) is 13.8 Å². The molecule has 144 valence electrons. The largest absolute Gasteiger partial charge is 0.345 e. The number of carbonyl (C=O) groups excluding carboxylic acids is 1. The van der Waals surface area contributed by atoms with E-state index in [0.717, 1.165) is 16.3 Å². The SMILES string of the molecule is Cc1cc(/C=N\NC(=O)c2ccc3ccccc3c2)c(C)n1C1CCCCC1. The van der Waals surface area contributed by atoms with Gasteiger partial charge in [-0.05, 0) is 55.7 Å². The first-order valence-electron chi connectivity index (χ1n) is 10.1. The second-order valence-corrected chi connectivity index (χ2v) is 7.75. The zero-order valence-corrected chi connectivity index (χ0v) is 16.6. The smallest absolute Gasteiger partial charge is 0.271 e. The van der Waals surface area contributed by atoms with Crippen LogP contribution in [-0.4, -0.2) is 16.7 Å². The van der Waals surface area contributed by atoms with Crippen LogP contribution in [0.5, 0.6) is 0 Å². The number of hydrogen-bond acceptors (Lipinski definition) is 2. The summed E-state index contributed by atoms with van der Waals surface area (Å²) in [4.78, 5) is 12.5. The van der Waals surface area contributed by atoms with Gasteiger partial charge in [-0.1, -0.05) is 49.6 Å². The number of nitrogens with zero attached hydrogens (tertiary/aromatic N) is 2. The topological polar surface area (TPSA) is 46.4 Å². The maximum Gasteiger partial charge on any atom is 0.271 e. The summed E-state index contributed by atoms with van der Waals surface area (Å²) >= 11 is 0. The minimum absolute atomic E-state index is 0.192. The van der Waals surface area contributed by atoms with E-state index in [9.17, 15) is 4.79 Å². The van der Waals surface area contributed by atoms with Crippen LogP contribution in [0.25, 0.3) is 10.8 Å². The summed E-state index contributed by atoms with van der Waals surface area (Å²) in [5, 5.41) is 6.39. The standard InChI is InChI=1S/C24H27N3O/c1-17-14-22(18(2)27(17)23-10-4-3-5-11-23)16-25-26-24(28)21-13-12-19-8-6-7-9-20(19)15-21/h6-9,12-16,23H,3-5,10-11H2,1-2H3,(H,26,28)/b25-16-. The number of fused-ring (bicyclic) bond motifs is 1. The number of nitrogens with one attached hydrogen (secondary N) is 1. The number of amides is 1. The highest BCUT2D eigenvalue weighted by Crippen LogP contribution is 2.31. The summed E-state index contributed by atoms with van der Waals surface area (Å²) in [7, 11) is 0. The van der Waals surface area contributed by atoms with Crippen molar-refractivity contribution >= 4 is 22.9 Å². The van der Waals surface area contributed by atoms with Crippen LogP contribution < -0.4 is 5.43 Å². The molecule has 2 aromatic carbocycles. The fraction of sp³-hybridized carbons (Fsp3) is 0.333. The van der Waals surface area contributed by atoms with E-state index in [1.165, 1.54) is 43.5 Å². The molecular weight excluding hydrogens is 346 g/mol. The Morgan fingerprint density at radius 1 is 1.04 bits per heavy atom. The number of aryl methyl sites for hydroxylation is 1. The molecule has 1 fully saturated rings. The Bertz CT molecular complexity index is 1030. The maximum absolute atomic E-state index is 12.5. The lowest BCUT2D eigenvalue weighted by Gasteiger charge is -2.26. The Morgan fingerprint density at radius 2 is 1.79 bits per heavy atom. The second kappa shape index (κ2) is 8.01. The third-order valence-electron chi connectivity index (χ3n) is 5.84. The highest BCUT2D eigenvalue weighted by molar-refractivity contribution is 5.99. The molecule has 0 radical (unpaired) electrons. The molecular formula is C24H27N3O. The van der Waals surface area contributed by atoms with Crippen LogP contribution in [0.2, 0.25) is 0 Å². The lowest BCUT2D eigenvalue weighted by molar-refractivity contribution is 0.0955. The molecule has 3 aromatic rings. The van der Waals surface area contributed by atoms with E-state index in [1.807, 2.05) is 42.5 Å². The van der Waals surface area contributed by atoms with Gasteiger partial charge in [0.15, 0.2) is 0 Å². The molecule has 1 amide bonds. The molecule has 0 saturated heterocycles. The van der Waals surface area contributed by atoms with E-state index < -0.39 is 0 Å². The van der Waals surface area contributed by atoms with Gasteiger partial charge in [0.2, 0.25) is 0 Å². The van der Waals surface area contributed by atoms with Crippen molar-refractivity contribution in [3.8, 4) is 0 Å². The third-order valence-corrected chi connectivity index (χ3v) is 5.84. The fourth-order valence-corrected chi connectivity index (χ4v) is 4.39. The lowest BCUT2D eigenvalue weighted by Crippen LogP contribution is -2.17. The van der Waals surface area contributed by atoms with Crippen LogP contribution in [0.1, 0.15) is 65.5 Å². The third kappa shape index (κ3) is 3.72. The Morgan fingerprint density at radius 3 is 2.57 bits per heavy atom. The summed E-state index contributed by atoms with van der Waals surface area (Å²) in [6.07, 6.45) is 8.25. The first kappa shape index (κ1) is 18.5. The number of benzene rings is 2. The van der Waals surface area contributed by atoms with Gasteiger partial charge in [0, 0.05) is 28.6 Å². The first-order chi connectivity index (χ1) is 13.6. The lowest BCUT2D eigenvalue weighted by atomic mass is 9.95. The molecule has 1 aliphatic carbocycles. The highest BCUT2D eigenvalue weighted by atomic mass is 16.2. The number of rotatable bonds is 4. The van der Waals surface area contributed by atoms with Gasteiger partial charge in [-0.2, -0.15) is 5.10 Å². The fourth-order valence-electron chi connectivity index (χ4n) is 4.39. The van der Waals surface area contributed by atoms with Crippen molar-refractivity contribution < 1.29 is 4.79 Å². The predicted molar refractivity (Wildman–Crippen MR) is 115 cm³/mol. The van der Waals surface area contributed by atoms with E-state index in [-0.39, 0.29) is 5.91 Å². The molecule has 1 heterocycles.